The van der Waals surface area contributed by atoms with E-state index in [1.54, 1.807) is 6.92 Å². The Balaban J connectivity index is 2.05. The number of carbonyl (C=O) groups is 2. The molecule has 1 amide bonds. The summed E-state index contributed by atoms with van der Waals surface area (Å²) in [6, 6.07) is 9.16. The second-order valence-electron chi connectivity index (χ2n) is 7.18. The van der Waals surface area contributed by atoms with Crippen LogP contribution in [0.15, 0.2) is 36.5 Å². The Hall–Kier alpha value is -3.15. The second kappa shape index (κ2) is 7.84. The first-order valence-electron chi connectivity index (χ1n) is 9.37. The molecular weight excluding hydrogens is 354 g/mol. The fourth-order valence-electron chi connectivity index (χ4n) is 3.22. The van der Waals surface area contributed by atoms with Crippen LogP contribution in [0.25, 0.3) is 16.9 Å². The maximum atomic E-state index is 12.6. The third kappa shape index (κ3) is 3.91. The average molecular weight is 379 g/mol. The van der Waals surface area contributed by atoms with E-state index in [1.807, 2.05) is 48.7 Å². The van der Waals surface area contributed by atoms with Crippen LogP contribution >= 0.6 is 0 Å². The molecule has 0 saturated heterocycles. The third-order valence-electron chi connectivity index (χ3n) is 5.03. The number of benzene rings is 1. The molecule has 0 saturated carbocycles. The van der Waals surface area contributed by atoms with Crippen molar-refractivity contribution in [2.24, 2.45) is 0 Å². The molecule has 2 N–H and O–H groups in total. The predicted molar refractivity (Wildman–Crippen MR) is 108 cm³/mol. The summed E-state index contributed by atoms with van der Waals surface area (Å²) >= 11 is 0. The van der Waals surface area contributed by atoms with Gasteiger partial charge in [0.05, 0.1) is 17.8 Å². The van der Waals surface area contributed by atoms with Gasteiger partial charge in [-0.05, 0) is 62.1 Å². The monoisotopic (exact) mass is 379 g/mol. The Kier molecular flexibility index (Phi) is 5.49. The number of amides is 1. The Labute approximate surface area is 164 Å². The van der Waals surface area contributed by atoms with Crippen LogP contribution < -0.4 is 5.32 Å². The minimum Gasteiger partial charge on any atom is -0.480 e. The van der Waals surface area contributed by atoms with Crippen molar-refractivity contribution in [2.75, 3.05) is 0 Å². The van der Waals surface area contributed by atoms with E-state index in [9.17, 15) is 14.7 Å². The SMILES string of the molecule is CCC(NC(=O)Cc1c(-c2ccc(C)c(C)c2)nc2cc(C)ccn12)C(=O)O. The Morgan fingerprint density at radius 2 is 1.89 bits per heavy atom. The van der Waals surface area contributed by atoms with Gasteiger partial charge >= 0.3 is 5.97 Å². The smallest absolute Gasteiger partial charge is 0.326 e. The van der Waals surface area contributed by atoms with Gasteiger partial charge in [-0.2, -0.15) is 0 Å². The van der Waals surface area contributed by atoms with Crippen molar-refractivity contribution in [2.45, 2.75) is 46.6 Å². The van der Waals surface area contributed by atoms with Crippen molar-refractivity contribution in [3.05, 3.63) is 58.9 Å². The van der Waals surface area contributed by atoms with Gasteiger partial charge in [-0.15, -0.1) is 0 Å². The van der Waals surface area contributed by atoms with Crippen molar-refractivity contribution in [3.8, 4) is 11.3 Å². The molecule has 1 unspecified atom stereocenters. The Bertz CT molecular complexity index is 1050. The number of carboxylic acid groups (broad SMARTS) is 1. The number of hydrogen-bond donors (Lipinski definition) is 2. The summed E-state index contributed by atoms with van der Waals surface area (Å²) in [6.07, 6.45) is 2.28. The number of carboxylic acids is 1. The number of rotatable bonds is 6. The van der Waals surface area contributed by atoms with Gasteiger partial charge in [-0.1, -0.05) is 19.1 Å². The minimum atomic E-state index is -1.03. The van der Waals surface area contributed by atoms with Crippen molar-refractivity contribution in [1.82, 2.24) is 14.7 Å². The molecule has 1 aromatic carbocycles. The van der Waals surface area contributed by atoms with Crippen LogP contribution in [-0.4, -0.2) is 32.4 Å². The van der Waals surface area contributed by atoms with Gasteiger partial charge in [0, 0.05) is 11.8 Å². The molecule has 1 atom stereocenters. The number of imidazole rings is 1. The molecule has 0 aliphatic rings. The molecule has 0 radical (unpaired) electrons. The van der Waals surface area contributed by atoms with E-state index in [0.29, 0.717) is 6.42 Å². The number of pyridine rings is 1. The standard InChI is InChI=1S/C22H25N3O3/c1-5-17(22(27)28)23-20(26)12-18-21(16-7-6-14(3)15(4)11-16)24-19-10-13(2)8-9-25(18)19/h6-11,17H,5,12H2,1-4H3,(H,23,26)(H,27,28). The predicted octanol–water partition coefficient (Wildman–Crippen LogP) is 3.45. The van der Waals surface area contributed by atoms with Gasteiger partial charge in [0.15, 0.2) is 0 Å². The van der Waals surface area contributed by atoms with Crippen LogP contribution in [0.3, 0.4) is 0 Å². The summed E-state index contributed by atoms with van der Waals surface area (Å²) in [4.78, 5) is 28.6. The number of aliphatic carboxylic acids is 1. The molecular formula is C22H25N3O3. The molecule has 0 aliphatic carbocycles. The number of fused-ring (bicyclic) bond motifs is 1. The van der Waals surface area contributed by atoms with Gasteiger partial charge in [-0.25, -0.2) is 9.78 Å². The highest BCUT2D eigenvalue weighted by atomic mass is 16.4. The van der Waals surface area contributed by atoms with E-state index >= 15 is 0 Å². The molecule has 0 bridgehead atoms. The number of aromatic nitrogens is 2. The third-order valence-corrected chi connectivity index (χ3v) is 5.03. The number of nitrogens with zero attached hydrogens (tertiary/aromatic N) is 2. The lowest BCUT2D eigenvalue weighted by atomic mass is 10.0. The van der Waals surface area contributed by atoms with Crippen LogP contribution in [0.4, 0.5) is 0 Å². The average Bonchev–Trinajstić information content (AvgIpc) is 2.99. The van der Waals surface area contributed by atoms with Gasteiger partial charge in [-0.3, -0.25) is 4.79 Å². The zero-order valence-electron chi connectivity index (χ0n) is 16.6. The first kappa shape index (κ1) is 19.6. The van der Waals surface area contributed by atoms with Crippen LogP contribution in [0.2, 0.25) is 0 Å². The number of hydrogen-bond acceptors (Lipinski definition) is 3. The largest absolute Gasteiger partial charge is 0.480 e. The first-order chi connectivity index (χ1) is 13.3. The minimum absolute atomic E-state index is 0.0519. The molecule has 146 valence electrons. The van der Waals surface area contributed by atoms with E-state index in [2.05, 4.69) is 18.3 Å². The molecule has 3 rings (SSSR count). The van der Waals surface area contributed by atoms with Gasteiger partial charge in [0.1, 0.15) is 11.7 Å². The summed E-state index contributed by atoms with van der Waals surface area (Å²) < 4.78 is 1.90. The normalized spacial score (nSPS) is 12.1. The molecule has 0 fully saturated rings. The number of nitrogens with one attached hydrogen (secondary N) is 1. The van der Waals surface area contributed by atoms with Crippen LogP contribution in [-0.2, 0) is 16.0 Å². The van der Waals surface area contributed by atoms with Gasteiger partial charge in [0.2, 0.25) is 5.91 Å². The molecule has 28 heavy (non-hydrogen) atoms. The van der Waals surface area contributed by atoms with Crippen molar-refractivity contribution < 1.29 is 14.7 Å². The molecule has 0 aliphatic heterocycles. The van der Waals surface area contributed by atoms with E-state index < -0.39 is 12.0 Å². The van der Waals surface area contributed by atoms with Crippen LogP contribution in [0, 0.1) is 20.8 Å². The number of aryl methyl sites for hydroxylation is 3. The Morgan fingerprint density at radius 1 is 1.14 bits per heavy atom. The maximum absolute atomic E-state index is 12.6. The van der Waals surface area contributed by atoms with E-state index in [1.165, 1.54) is 5.56 Å². The fourth-order valence-corrected chi connectivity index (χ4v) is 3.22. The first-order valence-corrected chi connectivity index (χ1v) is 9.37. The lowest BCUT2D eigenvalue weighted by Crippen LogP contribution is -2.41. The highest BCUT2D eigenvalue weighted by Crippen LogP contribution is 2.27. The molecule has 2 heterocycles. The zero-order valence-corrected chi connectivity index (χ0v) is 16.6. The second-order valence-corrected chi connectivity index (χ2v) is 7.18. The summed E-state index contributed by atoms with van der Waals surface area (Å²) in [6.45, 7) is 7.83. The summed E-state index contributed by atoms with van der Waals surface area (Å²) in [5.41, 5.74) is 6.62. The van der Waals surface area contributed by atoms with Crippen LogP contribution in [0.1, 0.15) is 35.7 Å². The quantitative estimate of drug-likeness (QED) is 0.687. The van der Waals surface area contributed by atoms with E-state index in [4.69, 9.17) is 4.98 Å². The van der Waals surface area contributed by atoms with Crippen molar-refractivity contribution >= 4 is 17.5 Å². The summed E-state index contributed by atoms with van der Waals surface area (Å²) in [7, 11) is 0. The topological polar surface area (TPSA) is 83.7 Å². The zero-order chi connectivity index (χ0) is 20.4. The fraction of sp³-hybridized carbons (Fsp3) is 0.318. The summed E-state index contributed by atoms with van der Waals surface area (Å²) in [5.74, 6) is -1.36. The van der Waals surface area contributed by atoms with Gasteiger partial charge in [0.25, 0.3) is 0 Å². The Morgan fingerprint density at radius 3 is 2.54 bits per heavy atom. The molecule has 2 aromatic heterocycles. The number of carbonyl (C=O) groups excluding carboxylic acids is 1. The molecule has 6 heteroatoms. The van der Waals surface area contributed by atoms with Crippen molar-refractivity contribution in [3.63, 3.8) is 0 Å². The molecule has 3 aromatic rings. The maximum Gasteiger partial charge on any atom is 0.326 e. The summed E-state index contributed by atoms with van der Waals surface area (Å²) in [5, 5.41) is 11.8. The van der Waals surface area contributed by atoms with Gasteiger partial charge < -0.3 is 14.8 Å². The lowest BCUT2D eigenvalue weighted by Gasteiger charge is -2.13. The van der Waals surface area contributed by atoms with Crippen LogP contribution in [0.5, 0.6) is 0 Å². The highest BCUT2D eigenvalue weighted by Gasteiger charge is 2.21. The van der Waals surface area contributed by atoms with Crippen molar-refractivity contribution in [1.29, 1.82) is 0 Å². The highest BCUT2D eigenvalue weighted by molar-refractivity contribution is 5.86. The van der Waals surface area contributed by atoms with E-state index in [0.717, 1.165) is 33.7 Å². The molecule has 6 nitrogen and oxygen atoms in total. The van der Waals surface area contributed by atoms with E-state index in [-0.39, 0.29) is 12.3 Å². The lowest BCUT2D eigenvalue weighted by molar-refractivity contribution is -0.141. The molecule has 0 spiro atoms.